The standard InChI is InChI=1S/C14H14FN3OS2/c1-18(2)13-16-17-14(21-13)20-9-11-5-6-12(15)8-10(11)4-3-7-19/h5-6,8,19H,7,9H2,1-2H3. The van der Waals surface area contributed by atoms with E-state index in [-0.39, 0.29) is 12.4 Å². The van der Waals surface area contributed by atoms with E-state index < -0.39 is 0 Å². The van der Waals surface area contributed by atoms with E-state index in [9.17, 15) is 4.39 Å². The number of benzene rings is 1. The Bertz CT molecular complexity index is 676. The molecule has 2 aromatic rings. The van der Waals surface area contributed by atoms with Crippen LogP contribution in [0.2, 0.25) is 0 Å². The van der Waals surface area contributed by atoms with Crippen molar-refractivity contribution < 1.29 is 9.50 Å². The predicted octanol–water partition coefficient (Wildman–Crippen LogP) is 2.38. The maximum Gasteiger partial charge on any atom is 0.208 e. The van der Waals surface area contributed by atoms with Crippen molar-refractivity contribution in [2.75, 3.05) is 25.6 Å². The second kappa shape index (κ2) is 7.41. The van der Waals surface area contributed by atoms with Crippen molar-refractivity contribution in [2.45, 2.75) is 10.1 Å². The topological polar surface area (TPSA) is 49.2 Å². The highest BCUT2D eigenvalue weighted by molar-refractivity contribution is 8.00. The lowest BCUT2D eigenvalue weighted by Crippen LogP contribution is -2.07. The quantitative estimate of drug-likeness (QED) is 0.691. The van der Waals surface area contributed by atoms with Crippen molar-refractivity contribution in [1.82, 2.24) is 10.2 Å². The first kappa shape index (κ1) is 15.8. The molecule has 1 aromatic heterocycles. The SMILES string of the molecule is CN(C)c1nnc(SCc2ccc(F)cc2C#CCO)s1. The van der Waals surface area contributed by atoms with Gasteiger partial charge in [0.25, 0.3) is 0 Å². The van der Waals surface area contributed by atoms with Crippen LogP contribution in [0.4, 0.5) is 9.52 Å². The third kappa shape index (κ3) is 4.43. The molecule has 0 saturated heterocycles. The number of hydrogen-bond donors (Lipinski definition) is 1. The second-order valence-corrected chi connectivity index (χ2v) is 6.47. The van der Waals surface area contributed by atoms with Gasteiger partial charge in [-0.05, 0) is 17.7 Å². The van der Waals surface area contributed by atoms with Crippen molar-refractivity contribution in [1.29, 1.82) is 0 Å². The minimum absolute atomic E-state index is 0.244. The van der Waals surface area contributed by atoms with Crippen LogP contribution in [0.5, 0.6) is 0 Å². The van der Waals surface area contributed by atoms with Crippen LogP contribution >= 0.6 is 23.1 Å². The van der Waals surface area contributed by atoms with Gasteiger partial charge in [-0.1, -0.05) is 41.0 Å². The molecule has 7 heteroatoms. The molecule has 0 aliphatic carbocycles. The van der Waals surface area contributed by atoms with Crippen LogP contribution in [0.1, 0.15) is 11.1 Å². The van der Waals surface area contributed by atoms with Crippen LogP contribution in [0, 0.1) is 17.7 Å². The Morgan fingerprint density at radius 1 is 1.38 bits per heavy atom. The summed E-state index contributed by atoms with van der Waals surface area (Å²) < 4.78 is 14.1. The zero-order valence-electron chi connectivity index (χ0n) is 11.6. The van der Waals surface area contributed by atoms with Gasteiger partial charge in [0.15, 0.2) is 4.34 Å². The Morgan fingerprint density at radius 3 is 2.86 bits per heavy atom. The van der Waals surface area contributed by atoms with Crippen LogP contribution < -0.4 is 4.90 Å². The number of rotatable bonds is 4. The highest BCUT2D eigenvalue weighted by atomic mass is 32.2. The van der Waals surface area contributed by atoms with Crippen LogP contribution in [-0.2, 0) is 5.75 Å². The average Bonchev–Trinajstić information content (AvgIpc) is 2.93. The van der Waals surface area contributed by atoms with Gasteiger partial charge in [0, 0.05) is 25.4 Å². The molecule has 21 heavy (non-hydrogen) atoms. The summed E-state index contributed by atoms with van der Waals surface area (Å²) in [6.07, 6.45) is 0. The normalized spacial score (nSPS) is 10.1. The van der Waals surface area contributed by atoms with Gasteiger partial charge in [-0.25, -0.2) is 4.39 Å². The molecule has 1 aromatic carbocycles. The number of nitrogens with zero attached hydrogens (tertiary/aromatic N) is 3. The van der Waals surface area contributed by atoms with Crippen molar-refractivity contribution in [2.24, 2.45) is 0 Å². The fourth-order valence-electron chi connectivity index (χ4n) is 1.51. The number of aliphatic hydroxyl groups is 1. The number of anilines is 1. The molecule has 0 atom stereocenters. The van der Waals surface area contributed by atoms with Crippen LogP contribution in [0.25, 0.3) is 0 Å². The maximum absolute atomic E-state index is 13.3. The number of halogens is 1. The molecule has 0 saturated carbocycles. The van der Waals surface area contributed by atoms with E-state index in [1.54, 1.807) is 6.07 Å². The first-order valence-corrected chi connectivity index (χ1v) is 7.92. The molecule has 1 N–H and O–H groups in total. The van der Waals surface area contributed by atoms with Gasteiger partial charge < -0.3 is 10.0 Å². The summed E-state index contributed by atoms with van der Waals surface area (Å²) in [5.74, 6) is 5.60. The Kier molecular flexibility index (Phi) is 5.56. The molecule has 0 amide bonds. The lowest BCUT2D eigenvalue weighted by Gasteiger charge is -2.04. The fraction of sp³-hybridized carbons (Fsp3) is 0.286. The van der Waals surface area contributed by atoms with Gasteiger partial charge in [0.2, 0.25) is 5.13 Å². The van der Waals surface area contributed by atoms with E-state index in [0.29, 0.717) is 11.3 Å². The minimum atomic E-state index is -0.336. The number of aliphatic hydroxyl groups excluding tert-OH is 1. The van der Waals surface area contributed by atoms with Gasteiger partial charge in [0.1, 0.15) is 12.4 Å². The minimum Gasteiger partial charge on any atom is -0.384 e. The van der Waals surface area contributed by atoms with Crippen LogP contribution in [-0.4, -0.2) is 36.0 Å². The molecule has 0 unspecified atom stereocenters. The maximum atomic E-state index is 13.3. The number of aromatic nitrogens is 2. The molecule has 0 fully saturated rings. The molecule has 110 valence electrons. The zero-order chi connectivity index (χ0) is 15.2. The van der Waals surface area contributed by atoms with Crippen molar-refractivity contribution in [3.05, 3.63) is 35.1 Å². The largest absolute Gasteiger partial charge is 0.384 e. The highest BCUT2D eigenvalue weighted by Gasteiger charge is 2.08. The van der Waals surface area contributed by atoms with E-state index in [4.69, 9.17) is 5.11 Å². The Hall–Kier alpha value is -1.62. The third-order valence-corrected chi connectivity index (χ3v) is 4.78. The summed E-state index contributed by atoms with van der Waals surface area (Å²) in [7, 11) is 3.83. The number of hydrogen-bond acceptors (Lipinski definition) is 6. The van der Waals surface area contributed by atoms with Crippen molar-refractivity contribution >= 4 is 28.2 Å². The molecule has 0 bridgehead atoms. The Morgan fingerprint density at radius 2 is 2.19 bits per heavy atom. The first-order valence-electron chi connectivity index (χ1n) is 6.12. The smallest absolute Gasteiger partial charge is 0.208 e. The summed E-state index contributed by atoms with van der Waals surface area (Å²) in [6, 6.07) is 4.49. The summed E-state index contributed by atoms with van der Waals surface area (Å²) in [5.41, 5.74) is 1.50. The Balaban J connectivity index is 2.11. The van der Waals surface area contributed by atoms with Gasteiger partial charge in [-0.15, -0.1) is 10.2 Å². The molecule has 0 spiro atoms. The first-order chi connectivity index (χ1) is 10.1. The van der Waals surface area contributed by atoms with E-state index in [1.165, 1.54) is 35.2 Å². The fourth-order valence-corrected chi connectivity index (χ4v) is 3.27. The summed E-state index contributed by atoms with van der Waals surface area (Å²) in [4.78, 5) is 1.90. The van der Waals surface area contributed by atoms with E-state index >= 15 is 0 Å². The van der Waals surface area contributed by atoms with Crippen molar-refractivity contribution in [3.8, 4) is 11.8 Å². The lowest BCUT2D eigenvalue weighted by molar-refractivity contribution is 0.350. The molecule has 0 aliphatic heterocycles. The van der Waals surface area contributed by atoms with E-state index in [1.807, 2.05) is 19.0 Å². The number of thioether (sulfide) groups is 1. The van der Waals surface area contributed by atoms with Gasteiger partial charge in [-0.3, -0.25) is 0 Å². The highest BCUT2D eigenvalue weighted by Crippen LogP contribution is 2.30. The molecule has 1 heterocycles. The zero-order valence-corrected chi connectivity index (χ0v) is 13.3. The lowest BCUT2D eigenvalue weighted by atomic mass is 10.1. The summed E-state index contributed by atoms with van der Waals surface area (Å²) in [5, 5.41) is 17.8. The molecule has 0 radical (unpaired) electrons. The average molecular weight is 323 g/mol. The molecular formula is C14H14FN3OS2. The van der Waals surface area contributed by atoms with Gasteiger partial charge >= 0.3 is 0 Å². The molecule has 4 nitrogen and oxygen atoms in total. The van der Waals surface area contributed by atoms with Crippen LogP contribution in [0.15, 0.2) is 22.5 Å². The van der Waals surface area contributed by atoms with Gasteiger partial charge in [0.05, 0.1) is 0 Å². The van der Waals surface area contributed by atoms with E-state index in [0.717, 1.165) is 15.0 Å². The monoisotopic (exact) mass is 323 g/mol. The predicted molar refractivity (Wildman–Crippen MR) is 84.2 cm³/mol. The summed E-state index contributed by atoms with van der Waals surface area (Å²) in [6.45, 7) is -0.244. The van der Waals surface area contributed by atoms with E-state index in [2.05, 4.69) is 22.0 Å². The molecular weight excluding hydrogens is 309 g/mol. The molecule has 0 aliphatic rings. The summed E-state index contributed by atoms with van der Waals surface area (Å²) >= 11 is 3.03. The van der Waals surface area contributed by atoms with Crippen LogP contribution in [0.3, 0.4) is 0 Å². The Labute approximate surface area is 131 Å². The molecule has 2 rings (SSSR count). The van der Waals surface area contributed by atoms with Gasteiger partial charge in [-0.2, -0.15) is 0 Å². The third-order valence-electron chi connectivity index (χ3n) is 2.50. The second-order valence-electron chi connectivity index (χ2n) is 4.30. The van der Waals surface area contributed by atoms with Crippen molar-refractivity contribution in [3.63, 3.8) is 0 Å².